The Hall–Kier alpha value is -2.70. The first kappa shape index (κ1) is 14.7. The van der Waals surface area contributed by atoms with Gasteiger partial charge in [-0.1, -0.05) is 6.92 Å². The van der Waals surface area contributed by atoms with Crippen LogP contribution in [0.15, 0.2) is 36.9 Å². The van der Waals surface area contributed by atoms with Crippen LogP contribution in [0.5, 0.6) is 0 Å². The van der Waals surface area contributed by atoms with Crippen LogP contribution >= 0.6 is 0 Å². The number of carboxylic acids is 1. The summed E-state index contributed by atoms with van der Waals surface area (Å²) in [5, 5.41) is 19.1. The number of nitrogens with one attached hydrogen (secondary N) is 1. The molecule has 0 aliphatic heterocycles. The summed E-state index contributed by atoms with van der Waals surface area (Å²) in [5.41, 5.74) is -0.0647. The molecule has 0 saturated heterocycles. The van der Waals surface area contributed by atoms with Crippen molar-refractivity contribution in [3.63, 3.8) is 0 Å². The van der Waals surface area contributed by atoms with Gasteiger partial charge >= 0.3 is 5.97 Å². The molecule has 1 heterocycles. The van der Waals surface area contributed by atoms with Gasteiger partial charge < -0.3 is 10.4 Å². The number of aromatic nitrogens is 3. The number of carbonyl (C=O) groups is 2. The highest BCUT2D eigenvalue weighted by atomic mass is 16.4. The minimum Gasteiger partial charge on any atom is -0.480 e. The predicted molar refractivity (Wildman–Crippen MR) is 75.2 cm³/mol. The summed E-state index contributed by atoms with van der Waals surface area (Å²) in [4.78, 5) is 23.3. The van der Waals surface area contributed by atoms with Gasteiger partial charge in [0.15, 0.2) is 0 Å². The first-order valence-corrected chi connectivity index (χ1v) is 6.47. The fraction of sp³-hybridized carbons (Fsp3) is 0.286. The monoisotopic (exact) mass is 288 g/mol. The summed E-state index contributed by atoms with van der Waals surface area (Å²) in [7, 11) is 0. The lowest BCUT2D eigenvalue weighted by Gasteiger charge is -2.24. The van der Waals surface area contributed by atoms with E-state index in [1.807, 2.05) is 0 Å². The quantitative estimate of drug-likeness (QED) is 0.863. The molecule has 0 saturated carbocycles. The lowest BCUT2D eigenvalue weighted by atomic mass is 9.98. The molecule has 0 bridgehead atoms. The first-order chi connectivity index (χ1) is 9.96. The van der Waals surface area contributed by atoms with Crippen LogP contribution in [0.1, 0.15) is 30.6 Å². The van der Waals surface area contributed by atoms with Gasteiger partial charge in [-0.25, -0.2) is 4.79 Å². The molecule has 2 N–H and O–H groups in total. The molecule has 2 rings (SSSR count). The van der Waals surface area contributed by atoms with Crippen LogP contribution < -0.4 is 5.32 Å². The van der Waals surface area contributed by atoms with Gasteiger partial charge in [-0.2, -0.15) is 0 Å². The average molecular weight is 288 g/mol. The summed E-state index contributed by atoms with van der Waals surface area (Å²) < 4.78 is 1.70. The van der Waals surface area contributed by atoms with Crippen molar-refractivity contribution in [2.45, 2.75) is 25.8 Å². The van der Waals surface area contributed by atoms with Crippen LogP contribution in [0.2, 0.25) is 0 Å². The SMILES string of the molecule is CCC(C)(NC(=O)c1ccc(-n2cnnc2)cc1)C(=O)O. The van der Waals surface area contributed by atoms with Crippen molar-refractivity contribution in [2.24, 2.45) is 0 Å². The number of benzene rings is 1. The third kappa shape index (κ3) is 3.07. The number of hydrogen-bond donors (Lipinski definition) is 2. The number of nitrogens with zero attached hydrogens (tertiary/aromatic N) is 3. The molecule has 0 aliphatic rings. The average Bonchev–Trinajstić information content (AvgIpc) is 3.01. The molecule has 2 aromatic rings. The van der Waals surface area contributed by atoms with Crippen LogP contribution in [-0.2, 0) is 4.79 Å². The number of aliphatic carboxylic acids is 1. The van der Waals surface area contributed by atoms with Crippen molar-refractivity contribution in [1.82, 2.24) is 20.1 Å². The first-order valence-electron chi connectivity index (χ1n) is 6.47. The number of hydrogen-bond acceptors (Lipinski definition) is 4. The van der Waals surface area contributed by atoms with E-state index < -0.39 is 17.4 Å². The van der Waals surface area contributed by atoms with E-state index in [1.165, 1.54) is 6.92 Å². The third-order valence-corrected chi connectivity index (χ3v) is 3.41. The lowest BCUT2D eigenvalue weighted by molar-refractivity contribution is -0.143. The van der Waals surface area contributed by atoms with Gasteiger partial charge in [0, 0.05) is 11.3 Å². The maximum atomic E-state index is 12.1. The van der Waals surface area contributed by atoms with Crippen molar-refractivity contribution >= 4 is 11.9 Å². The predicted octanol–water partition coefficient (Wildman–Crippen LogP) is 1.25. The lowest BCUT2D eigenvalue weighted by Crippen LogP contribution is -2.51. The van der Waals surface area contributed by atoms with E-state index in [1.54, 1.807) is 48.4 Å². The molecule has 1 atom stereocenters. The van der Waals surface area contributed by atoms with Gasteiger partial charge in [0.05, 0.1) is 0 Å². The molecule has 0 fully saturated rings. The minimum absolute atomic E-state index is 0.298. The highest BCUT2D eigenvalue weighted by Gasteiger charge is 2.32. The summed E-state index contributed by atoms with van der Waals surface area (Å²) in [6.45, 7) is 3.20. The van der Waals surface area contributed by atoms with Gasteiger partial charge in [-0.15, -0.1) is 10.2 Å². The number of amides is 1. The van der Waals surface area contributed by atoms with Crippen molar-refractivity contribution in [1.29, 1.82) is 0 Å². The minimum atomic E-state index is -1.27. The molecule has 0 spiro atoms. The van der Waals surface area contributed by atoms with E-state index in [-0.39, 0.29) is 0 Å². The Bertz CT molecular complexity index is 637. The molecule has 7 heteroatoms. The van der Waals surface area contributed by atoms with E-state index in [2.05, 4.69) is 15.5 Å². The van der Waals surface area contributed by atoms with E-state index >= 15 is 0 Å². The Morgan fingerprint density at radius 1 is 1.24 bits per heavy atom. The summed E-state index contributed by atoms with van der Waals surface area (Å²) >= 11 is 0. The number of rotatable bonds is 5. The van der Waals surface area contributed by atoms with Crippen molar-refractivity contribution < 1.29 is 14.7 Å². The highest BCUT2D eigenvalue weighted by Crippen LogP contribution is 2.13. The highest BCUT2D eigenvalue weighted by molar-refractivity contribution is 5.97. The Morgan fingerprint density at radius 2 is 1.81 bits per heavy atom. The molecular formula is C14H16N4O3. The van der Waals surface area contributed by atoms with Crippen LogP contribution in [0.25, 0.3) is 5.69 Å². The number of carbonyl (C=O) groups excluding carboxylic acids is 1. The van der Waals surface area contributed by atoms with Gasteiger partial charge in [0.1, 0.15) is 18.2 Å². The topological polar surface area (TPSA) is 97.1 Å². The van der Waals surface area contributed by atoms with Gasteiger partial charge in [-0.05, 0) is 37.6 Å². The summed E-state index contributed by atoms with van der Waals surface area (Å²) in [6, 6.07) is 6.73. The zero-order chi connectivity index (χ0) is 15.5. The molecule has 21 heavy (non-hydrogen) atoms. The molecule has 110 valence electrons. The Kier molecular flexibility index (Phi) is 4.02. The van der Waals surface area contributed by atoms with Crippen LogP contribution in [0.3, 0.4) is 0 Å². The number of carboxylic acid groups (broad SMARTS) is 1. The largest absolute Gasteiger partial charge is 0.480 e. The molecule has 1 unspecified atom stereocenters. The Labute approximate surface area is 121 Å². The van der Waals surface area contributed by atoms with Gasteiger partial charge in [0.25, 0.3) is 5.91 Å². The van der Waals surface area contributed by atoms with Crippen molar-refractivity contribution in [3.05, 3.63) is 42.5 Å². The van der Waals surface area contributed by atoms with Gasteiger partial charge in [0.2, 0.25) is 0 Å². The standard InChI is InChI=1S/C14H16N4O3/c1-3-14(2,13(20)21)17-12(19)10-4-6-11(7-5-10)18-8-15-16-9-18/h4-9H,3H2,1-2H3,(H,17,19)(H,20,21). The summed E-state index contributed by atoms with van der Waals surface area (Å²) in [5.74, 6) is -1.48. The fourth-order valence-corrected chi connectivity index (χ4v) is 1.73. The zero-order valence-electron chi connectivity index (χ0n) is 11.8. The second-order valence-corrected chi connectivity index (χ2v) is 4.86. The third-order valence-electron chi connectivity index (χ3n) is 3.41. The summed E-state index contributed by atoms with van der Waals surface area (Å²) in [6.07, 6.45) is 3.40. The maximum absolute atomic E-state index is 12.1. The van der Waals surface area contributed by atoms with Crippen LogP contribution in [0, 0.1) is 0 Å². The second-order valence-electron chi connectivity index (χ2n) is 4.86. The van der Waals surface area contributed by atoms with Gasteiger partial charge in [-0.3, -0.25) is 9.36 Å². The second kappa shape index (κ2) is 5.74. The van der Waals surface area contributed by atoms with Crippen LogP contribution in [-0.4, -0.2) is 37.3 Å². The normalized spacial score (nSPS) is 13.4. The molecule has 1 aromatic heterocycles. The van der Waals surface area contributed by atoms with E-state index in [0.29, 0.717) is 12.0 Å². The Balaban J connectivity index is 2.15. The van der Waals surface area contributed by atoms with Crippen LogP contribution in [0.4, 0.5) is 0 Å². The van der Waals surface area contributed by atoms with E-state index in [0.717, 1.165) is 5.69 Å². The van der Waals surface area contributed by atoms with Crippen molar-refractivity contribution in [2.75, 3.05) is 0 Å². The molecule has 0 radical (unpaired) electrons. The van der Waals surface area contributed by atoms with E-state index in [4.69, 9.17) is 5.11 Å². The Morgan fingerprint density at radius 3 is 2.29 bits per heavy atom. The van der Waals surface area contributed by atoms with E-state index in [9.17, 15) is 9.59 Å². The maximum Gasteiger partial charge on any atom is 0.329 e. The molecular weight excluding hydrogens is 272 g/mol. The zero-order valence-corrected chi connectivity index (χ0v) is 11.8. The fourth-order valence-electron chi connectivity index (χ4n) is 1.73. The molecule has 1 amide bonds. The molecule has 0 aliphatic carbocycles. The molecule has 1 aromatic carbocycles. The van der Waals surface area contributed by atoms with Crippen molar-refractivity contribution in [3.8, 4) is 5.69 Å². The molecule has 7 nitrogen and oxygen atoms in total. The smallest absolute Gasteiger partial charge is 0.329 e.